The van der Waals surface area contributed by atoms with Crippen LogP contribution in [0.5, 0.6) is 0 Å². The van der Waals surface area contributed by atoms with Crippen LogP contribution in [0.2, 0.25) is 0 Å². The number of nitrogens with two attached hydrogens (primary N) is 1. The van der Waals surface area contributed by atoms with Crippen LogP contribution in [0.25, 0.3) is 0 Å². The Hall–Kier alpha value is -1.81. The van der Waals surface area contributed by atoms with Gasteiger partial charge < -0.3 is 11.1 Å². The van der Waals surface area contributed by atoms with E-state index in [2.05, 4.69) is 59.9 Å². The zero-order valence-corrected chi connectivity index (χ0v) is 13.5. The second-order valence-electron chi connectivity index (χ2n) is 5.27. The lowest BCUT2D eigenvalue weighted by Gasteiger charge is -2.07. The van der Waals surface area contributed by atoms with E-state index in [4.69, 9.17) is 5.73 Å². The second-order valence-corrected chi connectivity index (χ2v) is 6.30. The number of nitrogens with zero attached hydrogens (tertiary/aromatic N) is 1. The molecule has 3 N–H and O–H groups in total. The lowest BCUT2D eigenvalue weighted by Crippen LogP contribution is -2.33. The molecular weight excluding hydrogens is 278 g/mol. The average molecular weight is 301 g/mol. The third kappa shape index (κ3) is 5.60. The van der Waals surface area contributed by atoms with Crippen LogP contribution in [-0.4, -0.2) is 19.0 Å². The molecule has 0 fully saturated rings. The van der Waals surface area contributed by atoms with Crippen molar-refractivity contribution in [3.8, 4) is 0 Å². The molecule has 0 amide bonds. The van der Waals surface area contributed by atoms with E-state index < -0.39 is 0 Å². The van der Waals surface area contributed by atoms with Crippen molar-refractivity contribution in [2.75, 3.05) is 13.1 Å². The summed E-state index contributed by atoms with van der Waals surface area (Å²) in [5, 5.41) is 5.27. The van der Waals surface area contributed by atoms with Gasteiger partial charge in [0.15, 0.2) is 5.96 Å². The second kappa shape index (κ2) is 7.84. The van der Waals surface area contributed by atoms with Crippen LogP contribution in [0.1, 0.15) is 21.6 Å². The Morgan fingerprint density at radius 3 is 2.62 bits per heavy atom. The molecule has 0 aliphatic heterocycles. The van der Waals surface area contributed by atoms with Crippen molar-refractivity contribution in [3.63, 3.8) is 0 Å². The highest BCUT2D eigenvalue weighted by Gasteiger charge is 1.98. The van der Waals surface area contributed by atoms with Gasteiger partial charge in [-0.25, -0.2) is 0 Å². The largest absolute Gasteiger partial charge is 0.370 e. The highest BCUT2D eigenvalue weighted by molar-refractivity contribution is 7.09. The predicted molar refractivity (Wildman–Crippen MR) is 92.1 cm³/mol. The van der Waals surface area contributed by atoms with Crippen molar-refractivity contribution in [1.82, 2.24) is 5.32 Å². The molecule has 1 aromatic heterocycles. The van der Waals surface area contributed by atoms with Crippen molar-refractivity contribution in [3.05, 3.63) is 57.3 Å². The van der Waals surface area contributed by atoms with Crippen molar-refractivity contribution in [1.29, 1.82) is 0 Å². The predicted octanol–water partition coefficient (Wildman–Crippen LogP) is 3.05. The Balaban J connectivity index is 1.72. The van der Waals surface area contributed by atoms with E-state index in [-0.39, 0.29) is 0 Å². The maximum Gasteiger partial charge on any atom is 0.188 e. The number of rotatable bonds is 6. The summed E-state index contributed by atoms with van der Waals surface area (Å²) in [5.41, 5.74) is 9.83. The molecular formula is C17H23N3S. The average Bonchev–Trinajstić information content (AvgIpc) is 2.91. The van der Waals surface area contributed by atoms with Crippen molar-refractivity contribution < 1.29 is 0 Å². The Kier molecular flexibility index (Phi) is 5.81. The van der Waals surface area contributed by atoms with E-state index in [1.165, 1.54) is 21.6 Å². The summed E-state index contributed by atoms with van der Waals surface area (Å²) in [4.78, 5) is 5.70. The molecule has 0 bridgehead atoms. The fourth-order valence-corrected chi connectivity index (χ4v) is 3.04. The molecule has 0 saturated heterocycles. The molecule has 0 saturated carbocycles. The molecule has 21 heavy (non-hydrogen) atoms. The van der Waals surface area contributed by atoms with Crippen molar-refractivity contribution in [2.24, 2.45) is 10.7 Å². The van der Waals surface area contributed by atoms with Crippen LogP contribution < -0.4 is 11.1 Å². The zero-order valence-electron chi connectivity index (χ0n) is 12.7. The summed E-state index contributed by atoms with van der Waals surface area (Å²) in [6.07, 6.45) is 1.92. The molecule has 0 spiro atoms. The van der Waals surface area contributed by atoms with Gasteiger partial charge in [-0.2, -0.15) is 0 Å². The first-order valence-corrected chi connectivity index (χ1v) is 8.15. The van der Waals surface area contributed by atoms with Gasteiger partial charge in [-0.15, -0.1) is 11.3 Å². The minimum atomic E-state index is 0.538. The molecule has 0 radical (unpaired) electrons. The van der Waals surface area contributed by atoms with E-state index in [1.54, 1.807) is 11.3 Å². The summed E-state index contributed by atoms with van der Waals surface area (Å²) >= 11 is 1.76. The van der Waals surface area contributed by atoms with Crippen LogP contribution >= 0.6 is 11.3 Å². The van der Waals surface area contributed by atoms with Crippen LogP contribution in [0.15, 0.2) is 40.7 Å². The summed E-state index contributed by atoms with van der Waals surface area (Å²) in [6.45, 7) is 5.81. The number of hydrogen-bond donors (Lipinski definition) is 2. The minimum absolute atomic E-state index is 0.538. The third-order valence-electron chi connectivity index (χ3n) is 3.22. The number of guanidine groups is 1. The van der Waals surface area contributed by atoms with E-state index >= 15 is 0 Å². The highest BCUT2D eigenvalue weighted by atomic mass is 32.1. The molecule has 3 nitrogen and oxygen atoms in total. The van der Waals surface area contributed by atoms with Gasteiger partial charge in [0.05, 0.1) is 0 Å². The summed E-state index contributed by atoms with van der Waals surface area (Å²) in [5.74, 6) is 0.538. The van der Waals surface area contributed by atoms with E-state index in [0.717, 1.165) is 25.9 Å². The van der Waals surface area contributed by atoms with Gasteiger partial charge in [-0.1, -0.05) is 35.4 Å². The quantitative estimate of drug-likeness (QED) is 0.636. The SMILES string of the molecule is Cc1cc(C)cc(CCNC(N)=NCCc2cccs2)c1. The molecule has 1 heterocycles. The number of aryl methyl sites for hydroxylation is 2. The Morgan fingerprint density at radius 2 is 1.95 bits per heavy atom. The van der Waals surface area contributed by atoms with E-state index in [9.17, 15) is 0 Å². The fraction of sp³-hybridized carbons (Fsp3) is 0.353. The van der Waals surface area contributed by atoms with Crippen LogP contribution in [0.4, 0.5) is 0 Å². The van der Waals surface area contributed by atoms with Gasteiger partial charge in [-0.3, -0.25) is 4.99 Å². The first kappa shape index (κ1) is 15.6. The first-order valence-electron chi connectivity index (χ1n) is 7.27. The number of hydrogen-bond acceptors (Lipinski definition) is 2. The van der Waals surface area contributed by atoms with Crippen LogP contribution in [0, 0.1) is 13.8 Å². The minimum Gasteiger partial charge on any atom is -0.370 e. The van der Waals surface area contributed by atoms with Gasteiger partial charge >= 0.3 is 0 Å². The number of thiophene rings is 1. The van der Waals surface area contributed by atoms with Gasteiger partial charge in [0.1, 0.15) is 0 Å². The lowest BCUT2D eigenvalue weighted by atomic mass is 10.1. The van der Waals surface area contributed by atoms with Gasteiger partial charge in [-0.05, 0) is 37.3 Å². The van der Waals surface area contributed by atoms with E-state index in [0.29, 0.717) is 5.96 Å². The maximum atomic E-state index is 5.88. The summed E-state index contributed by atoms with van der Waals surface area (Å²) in [7, 11) is 0. The molecule has 1 aromatic carbocycles. The van der Waals surface area contributed by atoms with Crippen LogP contribution in [-0.2, 0) is 12.8 Å². The molecule has 0 aliphatic rings. The number of benzene rings is 1. The molecule has 2 aromatic rings. The monoisotopic (exact) mass is 301 g/mol. The lowest BCUT2D eigenvalue weighted by molar-refractivity contribution is 0.844. The summed E-state index contributed by atoms with van der Waals surface area (Å²) in [6, 6.07) is 10.8. The normalized spacial score (nSPS) is 11.6. The van der Waals surface area contributed by atoms with Gasteiger partial charge in [0.2, 0.25) is 0 Å². The van der Waals surface area contributed by atoms with Gasteiger partial charge in [0, 0.05) is 24.4 Å². The van der Waals surface area contributed by atoms with Gasteiger partial charge in [0.25, 0.3) is 0 Å². The first-order chi connectivity index (χ1) is 10.1. The zero-order chi connectivity index (χ0) is 15.1. The third-order valence-corrected chi connectivity index (χ3v) is 4.16. The molecule has 0 aliphatic carbocycles. The summed E-state index contributed by atoms with van der Waals surface area (Å²) < 4.78 is 0. The molecule has 0 atom stereocenters. The topological polar surface area (TPSA) is 50.4 Å². The number of nitrogens with one attached hydrogen (secondary N) is 1. The van der Waals surface area contributed by atoms with Crippen molar-refractivity contribution in [2.45, 2.75) is 26.7 Å². The Labute approximate surface area is 130 Å². The maximum absolute atomic E-state index is 5.88. The molecule has 2 rings (SSSR count). The number of aliphatic imine (C=N–C) groups is 1. The van der Waals surface area contributed by atoms with Crippen molar-refractivity contribution >= 4 is 17.3 Å². The van der Waals surface area contributed by atoms with E-state index in [1.807, 2.05) is 0 Å². The highest BCUT2D eigenvalue weighted by Crippen LogP contribution is 2.09. The Bertz CT molecular complexity index is 568. The molecule has 0 unspecified atom stereocenters. The standard InChI is InChI=1S/C17H23N3S/c1-13-10-14(2)12-15(11-13)5-7-19-17(18)20-8-6-16-4-3-9-21-16/h3-4,9-12H,5-8H2,1-2H3,(H3,18,19,20). The van der Waals surface area contributed by atoms with Crippen LogP contribution in [0.3, 0.4) is 0 Å². The molecule has 112 valence electrons. The Morgan fingerprint density at radius 1 is 1.19 bits per heavy atom. The molecule has 4 heteroatoms. The fourth-order valence-electron chi connectivity index (χ4n) is 2.35. The smallest absolute Gasteiger partial charge is 0.188 e.